The summed E-state index contributed by atoms with van der Waals surface area (Å²) in [5, 5.41) is 12.6. The van der Waals surface area contributed by atoms with Gasteiger partial charge in [-0.3, -0.25) is 4.79 Å². The van der Waals surface area contributed by atoms with Crippen molar-refractivity contribution in [2.75, 3.05) is 20.6 Å². The molecule has 2 unspecified atom stereocenters. The number of hydrogen-bond acceptors (Lipinski definition) is 4. The van der Waals surface area contributed by atoms with Crippen LogP contribution in [0.25, 0.3) is 0 Å². The molecule has 1 aromatic heterocycles. The standard InChI is InChI=1S/C14H23F3N4O2/c1-10(5-7-20(2)3)19-11(22)9-13(23,14(15,16)17)12-18-6-8-21(12)4/h6,8,10,23H,5,7,9H2,1-4H3,(H,19,22). The highest BCUT2D eigenvalue weighted by atomic mass is 19.4. The zero-order chi connectivity index (χ0) is 17.8. The van der Waals surface area contributed by atoms with Gasteiger partial charge in [-0.15, -0.1) is 0 Å². The van der Waals surface area contributed by atoms with E-state index in [9.17, 15) is 23.1 Å². The molecule has 0 aliphatic heterocycles. The predicted molar refractivity (Wildman–Crippen MR) is 78.6 cm³/mol. The van der Waals surface area contributed by atoms with Crippen LogP contribution in [-0.4, -0.2) is 58.3 Å². The maximum Gasteiger partial charge on any atom is 0.425 e. The normalized spacial score (nSPS) is 16.2. The highest BCUT2D eigenvalue weighted by Gasteiger charge is 2.58. The summed E-state index contributed by atoms with van der Waals surface area (Å²) in [5.41, 5.74) is -3.32. The molecule has 2 N–H and O–H groups in total. The van der Waals surface area contributed by atoms with E-state index in [2.05, 4.69) is 10.3 Å². The van der Waals surface area contributed by atoms with E-state index in [4.69, 9.17) is 0 Å². The third kappa shape index (κ3) is 4.93. The maximum atomic E-state index is 13.3. The molecule has 0 aliphatic rings. The van der Waals surface area contributed by atoms with Crippen LogP contribution in [0.1, 0.15) is 25.6 Å². The summed E-state index contributed by atoms with van der Waals surface area (Å²) in [6.45, 7) is 2.39. The molecule has 1 rings (SSSR count). The van der Waals surface area contributed by atoms with Crippen LogP contribution >= 0.6 is 0 Å². The SMILES string of the molecule is CC(CCN(C)C)NC(=O)CC(O)(c1nccn1C)C(F)(F)F. The molecule has 1 aromatic rings. The Balaban J connectivity index is 2.84. The van der Waals surface area contributed by atoms with E-state index in [0.717, 1.165) is 10.8 Å². The number of carbonyl (C=O) groups excluding carboxylic acids is 1. The molecular weight excluding hydrogens is 313 g/mol. The lowest BCUT2D eigenvalue weighted by atomic mass is 9.97. The Morgan fingerprint density at radius 2 is 2.09 bits per heavy atom. The van der Waals surface area contributed by atoms with Crippen LogP contribution in [0.5, 0.6) is 0 Å². The average Bonchev–Trinajstić information content (AvgIpc) is 2.81. The Morgan fingerprint density at radius 3 is 2.52 bits per heavy atom. The van der Waals surface area contributed by atoms with Crippen LogP contribution in [0.3, 0.4) is 0 Å². The first-order valence-corrected chi connectivity index (χ1v) is 7.18. The molecule has 0 aliphatic carbocycles. The summed E-state index contributed by atoms with van der Waals surface area (Å²) in [4.78, 5) is 17.4. The molecule has 0 saturated heterocycles. The third-order valence-corrected chi connectivity index (χ3v) is 3.49. The van der Waals surface area contributed by atoms with E-state index >= 15 is 0 Å². The van der Waals surface area contributed by atoms with Crippen LogP contribution in [0, 0.1) is 0 Å². The molecule has 0 fully saturated rings. The number of imidazole rings is 1. The average molecular weight is 336 g/mol. The van der Waals surface area contributed by atoms with Crippen LogP contribution < -0.4 is 5.32 Å². The molecular formula is C14H23F3N4O2. The van der Waals surface area contributed by atoms with Gasteiger partial charge in [-0.1, -0.05) is 0 Å². The number of aryl methyl sites for hydroxylation is 1. The summed E-state index contributed by atoms with van der Waals surface area (Å²) in [7, 11) is 5.05. The Morgan fingerprint density at radius 1 is 1.48 bits per heavy atom. The first-order chi connectivity index (χ1) is 10.5. The van der Waals surface area contributed by atoms with Crippen molar-refractivity contribution in [3.8, 4) is 0 Å². The first-order valence-electron chi connectivity index (χ1n) is 7.18. The van der Waals surface area contributed by atoms with Crippen molar-refractivity contribution in [3.05, 3.63) is 18.2 Å². The lowest BCUT2D eigenvalue weighted by molar-refractivity contribution is -0.271. The summed E-state index contributed by atoms with van der Waals surface area (Å²) in [6, 6.07) is -0.302. The number of halogens is 3. The fraction of sp³-hybridized carbons (Fsp3) is 0.714. The Hall–Kier alpha value is -1.61. The number of amides is 1. The minimum Gasteiger partial charge on any atom is -0.374 e. The first kappa shape index (κ1) is 19.4. The van der Waals surface area contributed by atoms with E-state index in [0.29, 0.717) is 13.0 Å². The van der Waals surface area contributed by atoms with Crippen molar-refractivity contribution in [1.29, 1.82) is 0 Å². The van der Waals surface area contributed by atoms with Gasteiger partial charge >= 0.3 is 6.18 Å². The van der Waals surface area contributed by atoms with Gasteiger partial charge in [0.05, 0.1) is 6.42 Å². The second kappa shape index (κ2) is 7.31. The van der Waals surface area contributed by atoms with Gasteiger partial charge < -0.3 is 19.9 Å². The summed E-state index contributed by atoms with van der Waals surface area (Å²) in [6.07, 6.45) is -3.14. The molecule has 0 saturated carbocycles. The zero-order valence-electron chi connectivity index (χ0n) is 13.7. The topological polar surface area (TPSA) is 70.4 Å². The summed E-state index contributed by atoms with van der Waals surface area (Å²) >= 11 is 0. The van der Waals surface area contributed by atoms with Gasteiger partial charge in [-0.25, -0.2) is 4.98 Å². The number of hydrogen-bond donors (Lipinski definition) is 2. The minimum absolute atomic E-state index is 0.302. The van der Waals surface area contributed by atoms with Gasteiger partial charge in [0, 0.05) is 25.5 Å². The van der Waals surface area contributed by atoms with Crippen LogP contribution in [-0.2, 0) is 17.4 Å². The third-order valence-electron chi connectivity index (χ3n) is 3.49. The van der Waals surface area contributed by atoms with Crippen LogP contribution in [0.15, 0.2) is 12.4 Å². The molecule has 0 aromatic carbocycles. The second-order valence-corrected chi connectivity index (χ2v) is 5.96. The largest absolute Gasteiger partial charge is 0.425 e. The molecule has 1 amide bonds. The van der Waals surface area contributed by atoms with E-state index in [1.807, 2.05) is 19.0 Å². The molecule has 132 valence electrons. The molecule has 0 radical (unpaired) electrons. The smallest absolute Gasteiger partial charge is 0.374 e. The molecule has 1 heterocycles. The van der Waals surface area contributed by atoms with E-state index < -0.39 is 29.9 Å². The van der Waals surface area contributed by atoms with Gasteiger partial charge in [-0.2, -0.15) is 13.2 Å². The molecule has 9 heteroatoms. The lowest BCUT2D eigenvalue weighted by Crippen LogP contribution is -2.49. The minimum atomic E-state index is -5.02. The molecule has 0 spiro atoms. The molecule has 0 bridgehead atoms. The number of nitrogens with zero attached hydrogens (tertiary/aromatic N) is 3. The van der Waals surface area contributed by atoms with E-state index in [-0.39, 0.29) is 6.04 Å². The quantitative estimate of drug-likeness (QED) is 0.780. The van der Waals surface area contributed by atoms with Crippen molar-refractivity contribution in [2.45, 2.75) is 37.6 Å². The van der Waals surface area contributed by atoms with Crippen molar-refractivity contribution in [3.63, 3.8) is 0 Å². The molecule has 6 nitrogen and oxygen atoms in total. The highest BCUT2D eigenvalue weighted by Crippen LogP contribution is 2.40. The van der Waals surface area contributed by atoms with Crippen LogP contribution in [0.2, 0.25) is 0 Å². The Bertz CT molecular complexity index is 530. The van der Waals surface area contributed by atoms with Crippen molar-refractivity contribution >= 4 is 5.91 Å². The summed E-state index contributed by atoms with van der Waals surface area (Å²) < 4.78 is 41.0. The van der Waals surface area contributed by atoms with E-state index in [1.54, 1.807) is 6.92 Å². The van der Waals surface area contributed by atoms with Gasteiger partial charge in [-0.05, 0) is 34.0 Å². The predicted octanol–water partition coefficient (Wildman–Crippen LogP) is 1.02. The number of aliphatic hydroxyl groups is 1. The van der Waals surface area contributed by atoms with Gasteiger partial charge in [0.25, 0.3) is 0 Å². The molecule has 2 atom stereocenters. The Kier molecular flexibility index (Phi) is 6.18. The van der Waals surface area contributed by atoms with Crippen molar-refractivity contribution in [1.82, 2.24) is 19.8 Å². The fourth-order valence-electron chi connectivity index (χ4n) is 2.15. The number of carbonyl (C=O) groups is 1. The number of aromatic nitrogens is 2. The number of rotatable bonds is 7. The van der Waals surface area contributed by atoms with E-state index in [1.165, 1.54) is 13.2 Å². The van der Waals surface area contributed by atoms with Gasteiger partial charge in [0.15, 0.2) is 5.82 Å². The van der Waals surface area contributed by atoms with Crippen molar-refractivity contribution in [2.24, 2.45) is 7.05 Å². The second-order valence-electron chi connectivity index (χ2n) is 5.96. The Labute approximate surface area is 133 Å². The van der Waals surface area contributed by atoms with Gasteiger partial charge in [0.1, 0.15) is 0 Å². The maximum absolute atomic E-state index is 13.3. The summed E-state index contributed by atoms with van der Waals surface area (Å²) in [5.74, 6) is -1.49. The highest BCUT2D eigenvalue weighted by molar-refractivity contribution is 5.77. The number of nitrogens with one attached hydrogen (secondary N) is 1. The lowest BCUT2D eigenvalue weighted by Gasteiger charge is -2.30. The fourth-order valence-corrected chi connectivity index (χ4v) is 2.15. The zero-order valence-corrected chi connectivity index (χ0v) is 13.7. The van der Waals surface area contributed by atoms with Crippen molar-refractivity contribution < 1.29 is 23.1 Å². The number of alkyl halides is 3. The van der Waals surface area contributed by atoms with Crippen LogP contribution in [0.4, 0.5) is 13.2 Å². The van der Waals surface area contributed by atoms with Gasteiger partial charge in [0.2, 0.25) is 11.5 Å². The monoisotopic (exact) mass is 336 g/mol. The molecule has 23 heavy (non-hydrogen) atoms.